The maximum absolute atomic E-state index is 12.9. The molecule has 0 N–H and O–H groups in total. The first-order chi connectivity index (χ1) is 15.4. The quantitative estimate of drug-likeness (QED) is 0.518. The molecule has 0 fully saturated rings. The standard InChI is InChI=1S/C23H26N4O4S/c1-3-26(4-2)32(29,30)19-10-11-20-18(16-19)14-15-27(20)22(28)13-12-21-24-25-23(31-21)17-8-6-5-7-9-17/h5-11,16H,3-4,12-15H2,1-2H3. The molecule has 9 heteroatoms. The molecular weight excluding hydrogens is 428 g/mol. The zero-order valence-corrected chi connectivity index (χ0v) is 19.0. The number of sulfonamides is 1. The van der Waals surface area contributed by atoms with Crippen LogP contribution >= 0.6 is 0 Å². The van der Waals surface area contributed by atoms with Gasteiger partial charge in [-0.25, -0.2) is 8.42 Å². The van der Waals surface area contributed by atoms with Crippen LogP contribution in [0.5, 0.6) is 0 Å². The predicted molar refractivity (Wildman–Crippen MR) is 121 cm³/mol. The molecule has 2 heterocycles. The molecule has 0 unspecified atom stereocenters. The van der Waals surface area contributed by atoms with Gasteiger partial charge in [-0.3, -0.25) is 4.79 Å². The molecule has 1 aromatic heterocycles. The highest BCUT2D eigenvalue weighted by Gasteiger charge is 2.28. The Morgan fingerprint density at radius 2 is 1.84 bits per heavy atom. The van der Waals surface area contributed by atoms with Gasteiger partial charge in [0, 0.05) is 43.7 Å². The third-order valence-electron chi connectivity index (χ3n) is 5.63. The van der Waals surface area contributed by atoms with Gasteiger partial charge in [-0.2, -0.15) is 4.31 Å². The fraction of sp³-hybridized carbons (Fsp3) is 0.348. The Labute approximate surface area is 187 Å². The van der Waals surface area contributed by atoms with Gasteiger partial charge in [0.15, 0.2) is 0 Å². The van der Waals surface area contributed by atoms with Gasteiger partial charge in [0.2, 0.25) is 27.7 Å². The van der Waals surface area contributed by atoms with Crippen LogP contribution in [-0.4, -0.2) is 48.5 Å². The van der Waals surface area contributed by atoms with Crippen LogP contribution in [-0.2, 0) is 27.7 Å². The van der Waals surface area contributed by atoms with E-state index in [0.29, 0.717) is 44.3 Å². The number of anilines is 1. The van der Waals surface area contributed by atoms with Crippen LogP contribution in [0.2, 0.25) is 0 Å². The van der Waals surface area contributed by atoms with Crippen LogP contribution < -0.4 is 4.90 Å². The third-order valence-corrected chi connectivity index (χ3v) is 7.68. The smallest absolute Gasteiger partial charge is 0.247 e. The monoisotopic (exact) mass is 454 g/mol. The average Bonchev–Trinajstić information content (AvgIpc) is 3.45. The highest BCUT2D eigenvalue weighted by molar-refractivity contribution is 7.89. The Balaban J connectivity index is 1.43. The molecule has 1 aliphatic rings. The molecule has 168 valence electrons. The maximum atomic E-state index is 12.9. The summed E-state index contributed by atoms with van der Waals surface area (Å²) in [4.78, 5) is 14.8. The molecule has 0 saturated heterocycles. The average molecular weight is 455 g/mol. The minimum atomic E-state index is -3.53. The van der Waals surface area contributed by atoms with Crippen molar-refractivity contribution in [2.75, 3.05) is 24.5 Å². The fourth-order valence-corrected chi connectivity index (χ4v) is 5.42. The lowest BCUT2D eigenvalue weighted by molar-refractivity contribution is -0.118. The Morgan fingerprint density at radius 1 is 1.09 bits per heavy atom. The molecule has 32 heavy (non-hydrogen) atoms. The first-order valence-electron chi connectivity index (χ1n) is 10.7. The summed E-state index contributed by atoms with van der Waals surface area (Å²) >= 11 is 0. The van der Waals surface area contributed by atoms with Crippen LogP contribution in [0.15, 0.2) is 57.8 Å². The van der Waals surface area contributed by atoms with Crippen molar-refractivity contribution in [1.29, 1.82) is 0 Å². The Kier molecular flexibility index (Phi) is 6.38. The second-order valence-corrected chi connectivity index (χ2v) is 9.48. The van der Waals surface area contributed by atoms with Crippen molar-refractivity contribution in [3.05, 3.63) is 60.0 Å². The molecule has 0 spiro atoms. The van der Waals surface area contributed by atoms with Crippen molar-refractivity contribution < 1.29 is 17.6 Å². The number of hydrogen-bond acceptors (Lipinski definition) is 6. The Bertz CT molecular complexity index is 1200. The van der Waals surface area contributed by atoms with E-state index in [1.807, 2.05) is 44.2 Å². The van der Waals surface area contributed by atoms with Crippen LogP contribution in [0, 0.1) is 0 Å². The van der Waals surface area contributed by atoms with E-state index in [2.05, 4.69) is 10.2 Å². The van der Waals surface area contributed by atoms with E-state index in [1.54, 1.807) is 23.1 Å². The molecule has 1 aliphatic heterocycles. The number of rotatable bonds is 8. The van der Waals surface area contributed by atoms with Gasteiger partial charge in [0.05, 0.1) is 4.90 Å². The van der Waals surface area contributed by atoms with Gasteiger partial charge >= 0.3 is 0 Å². The van der Waals surface area contributed by atoms with E-state index in [0.717, 1.165) is 16.8 Å². The summed E-state index contributed by atoms with van der Waals surface area (Å²) in [5, 5.41) is 8.10. The topological polar surface area (TPSA) is 96.6 Å². The number of hydrogen-bond donors (Lipinski definition) is 0. The van der Waals surface area contributed by atoms with E-state index in [9.17, 15) is 13.2 Å². The highest BCUT2D eigenvalue weighted by Crippen LogP contribution is 2.31. The zero-order valence-electron chi connectivity index (χ0n) is 18.2. The Hall–Kier alpha value is -3.04. The van der Waals surface area contributed by atoms with Crippen molar-refractivity contribution in [2.24, 2.45) is 0 Å². The molecule has 1 amide bonds. The number of amides is 1. The van der Waals surface area contributed by atoms with Crippen LogP contribution in [0.3, 0.4) is 0 Å². The third kappa shape index (κ3) is 4.31. The van der Waals surface area contributed by atoms with Gasteiger partial charge in [0.1, 0.15) is 0 Å². The van der Waals surface area contributed by atoms with Gasteiger partial charge in [-0.15, -0.1) is 10.2 Å². The molecule has 0 radical (unpaired) electrons. The van der Waals surface area contributed by atoms with E-state index in [-0.39, 0.29) is 17.2 Å². The lowest BCUT2D eigenvalue weighted by Crippen LogP contribution is -2.30. The number of aromatic nitrogens is 2. The van der Waals surface area contributed by atoms with Gasteiger partial charge in [-0.1, -0.05) is 32.0 Å². The van der Waals surface area contributed by atoms with Crippen molar-refractivity contribution in [1.82, 2.24) is 14.5 Å². The summed E-state index contributed by atoms with van der Waals surface area (Å²) in [6, 6.07) is 14.5. The first kappa shape index (κ1) is 22.2. The summed E-state index contributed by atoms with van der Waals surface area (Å²) < 4.78 is 32.7. The number of benzene rings is 2. The molecule has 0 aliphatic carbocycles. The van der Waals surface area contributed by atoms with Crippen molar-refractivity contribution >= 4 is 21.6 Å². The molecule has 2 aromatic carbocycles. The SMILES string of the molecule is CCN(CC)S(=O)(=O)c1ccc2c(c1)CCN2C(=O)CCc1nnc(-c2ccccc2)o1. The number of carbonyl (C=O) groups excluding carboxylic acids is 1. The van der Waals surface area contributed by atoms with E-state index in [4.69, 9.17) is 4.42 Å². The normalized spacial score (nSPS) is 13.5. The molecular formula is C23H26N4O4S. The number of fused-ring (bicyclic) bond motifs is 1. The number of carbonyl (C=O) groups is 1. The summed E-state index contributed by atoms with van der Waals surface area (Å²) in [6.07, 6.45) is 1.20. The summed E-state index contributed by atoms with van der Waals surface area (Å²) in [7, 11) is -3.53. The molecule has 0 saturated carbocycles. The minimum absolute atomic E-state index is 0.0532. The minimum Gasteiger partial charge on any atom is -0.421 e. The summed E-state index contributed by atoms with van der Waals surface area (Å²) in [6.45, 7) is 5.01. The Morgan fingerprint density at radius 3 is 2.56 bits per heavy atom. The van der Waals surface area contributed by atoms with E-state index >= 15 is 0 Å². The van der Waals surface area contributed by atoms with Crippen molar-refractivity contribution in [3.63, 3.8) is 0 Å². The molecule has 4 rings (SSSR count). The molecule has 8 nitrogen and oxygen atoms in total. The largest absolute Gasteiger partial charge is 0.421 e. The molecule has 3 aromatic rings. The lowest BCUT2D eigenvalue weighted by atomic mass is 10.2. The van der Waals surface area contributed by atoms with Gasteiger partial charge in [0.25, 0.3) is 0 Å². The van der Waals surface area contributed by atoms with E-state index in [1.165, 1.54) is 4.31 Å². The van der Waals surface area contributed by atoms with Crippen molar-refractivity contribution in [2.45, 2.75) is 38.0 Å². The van der Waals surface area contributed by atoms with Crippen LogP contribution in [0.1, 0.15) is 31.7 Å². The van der Waals surface area contributed by atoms with Crippen LogP contribution in [0.4, 0.5) is 5.69 Å². The second-order valence-electron chi connectivity index (χ2n) is 7.54. The van der Waals surface area contributed by atoms with E-state index < -0.39 is 10.0 Å². The number of nitrogens with zero attached hydrogens (tertiary/aromatic N) is 4. The zero-order chi connectivity index (χ0) is 22.7. The van der Waals surface area contributed by atoms with Crippen LogP contribution in [0.25, 0.3) is 11.5 Å². The highest BCUT2D eigenvalue weighted by atomic mass is 32.2. The summed E-state index contributed by atoms with van der Waals surface area (Å²) in [5.41, 5.74) is 2.47. The second kappa shape index (κ2) is 9.22. The molecule has 0 bridgehead atoms. The van der Waals surface area contributed by atoms with Gasteiger partial charge < -0.3 is 9.32 Å². The van der Waals surface area contributed by atoms with Crippen molar-refractivity contribution in [3.8, 4) is 11.5 Å². The van der Waals surface area contributed by atoms with Gasteiger partial charge in [-0.05, 0) is 42.3 Å². The summed E-state index contributed by atoms with van der Waals surface area (Å²) in [5.74, 6) is 0.793. The predicted octanol–water partition coefficient (Wildman–Crippen LogP) is 3.29. The fourth-order valence-electron chi connectivity index (χ4n) is 3.91. The number of aryl methyl sites for hydroxylation is 1. The first-order valence-corrected chi connectivity index (χ1v) is 12.2. The molecule has 0 atom stereocenters. The lowest BCUT2D eigenvalue weighted by Gasteiger charge is -2.20. The maximum Gasteiger partial charge on any atom is 0.247 e.